The van der Waals surface area contributed by atoms with Crippen molar-refractivity contribution < 1.29 is 19.4 Å². The van der Waals surface area contributed by atoms with Crippen molar-refractivity contribution in [1.29, 1.82) is 0 Å². The van der Waals surface area contributed by atoms with E-state index in [4.69, 9.17) is 9.72 Å². The van der Waals surface area contributed by atoms with Gasteiger partial charge in [-0.05, 0) is 44.6 Å². The Morgan fingerprint density at radius 2 is 1.90 bits per heavy atom. The monoisotopic (exact) mass is 417 g/mol. The van der Waals surface area contributed by atoms with Crippen LogP contribution in [0.1, 0.15) is 68.3 Å². The van der Waals surface area contributed by atoms with Gasteiger partial charge in [-0.15, -0.1) is 11.3 Å². The highest BCUT2D eigenvalue weighted by atomic mass is 32.1. The number of carboxylic acids is 1. The number of hydrogen-bond donors (Lipinski definition) is 1. The average molecular weight is 418 g/mol. The van der Waals surface area contributed by atoms with E-state index in [1.54, 1.807) is 6.92 Å². The van der Waals surface area contributed by atoms with Crippen molar-refractivity contribution in [2.45, 2.75) is 65.2 Å². The summed E-state index contributed by atoms with van der Waals surface area (Å²) in [7, 11) is 0. The Labute approximate surface area is 177 Å². The summed E-state index contributed by atoms with van der Waals surface area (Å²) in [5.41, 5.74) is 1.99. The fourth-order valence-electron chi connectivity index (χ4n) is 3.31. The SMILES string of the molecule is CCOC(=O)[C@@](CCC(=O)O)(CCC(C)C)c1csc(Cc2ccc(C)cc2)n1. The van der Waals surface area contributed by atoms with Gasteiger partial charge in [0, 0.05) is 18.2 Å². The normalized spacial score (nSPS) is 13.3. The molecule has 158 valence electrons. The molecule has 1 aromatic heterocycles. The van der Waals surface area contributed by atoms with Gasteiger partial charge >= 0.3 is 11.9 Å². The minimum Gasteiger partial charge on any atom is -0.481 e. The third kappa shape index (κ3) is 6.39. The second kappa shape index (κ2) is 10.5. The van der Waals surface area contributed by atoms with Crippen molar-refractivity contribution >= 4 is 23.3 Å². The molecule has 0 aliphatic carbocycles. The summed E-state index contributed by atoms with van der Waals surface area (Å²) >= 11 is 1.51. The molecule has 1 aromatic carbocycles. The molecule has 5 nitrogen and oxygen atoms in total. The van der Waals surface area contributed by atoms with Crippen LogP contribution in [0, 0.1) is 12.8 Å². The van der Waals surface area contributed by atoms with Crippen LogP contribution in [0.25, 0.3) is 0 Å². The van der Waals surface area contributed by atoms with Crippen LogP contribution in [0.5, 0.6) is 0 Å². The second-order valence-corrected chi connectivity index (χ2v) is 8.86. The summed E-state index contributed by atoms with van der Waals surface area (Å²) in [5, 5.41) is 12.1. The van der Waals surface area contributed by atoms with Gasteiger partial charge in [0.15, 0.2) is 0 Å². The van der Waals surface area contributed by atoms with Crippen molar-refractivity contribution in [3.8, 4) is 0 Å². The number of carboxylic acid groups (broad SMARTS) is 1. The highest BCUT2D eigenvalue weighted by Crippen LogP contribution is 2.38. The smallest absolute Gasteiger partial charge is 0.318 e. The van der Waals surface area contributed by atoms with E-state index in [0.29, 0.717) is 24.5 Å². The number of hydrogen-bond acceptors (Lipinski definition) is 5. The summed E-state index contributed by atoms with van der Waals surface area (Å²) in [6, 6.07) is 8.31. The number of benzene rings is 1. The van der Waals surface area contributed by atoms with Crippen molar-refractivity contribution in [3.63, 3.8) is 0 Å². The molecule has 2 aromatic rings. The van der Waals surface area contributed by atoms with Crippen molar-refractivity contribution in [2.24, 2.45) is 5.92 Å². The molecule has 0 fully saturated rings. The van der Waals surface area contributed by atoms with Gasteiger partial charge in [-0.2, -0.15) is 0 Å². The number of nitrogens with zero attached hydrogens (tertiary/aromatic N) is 1. The molecule has 0 amide bonds. The Kier molecular flexibility index (Phi) is 8.38. The molecule has 1 N–H and O–H groups in total. The zero-order valence-electron chi connectivity index (χ0n) is 17.7. The van der Waals surface area contributed by atoms with Gasteiger partial charge in [0.25, 0.3) is 0 Å². The van der Waals surface area contributed by atoms with Crippen LogP contribution in [0.3, 0.4) is 0 Å². The fourth-order valence-corrected chi connectivity index (χ4v) is 4.23. The van der Waals surface area contributed by atoms with Gasteiger partial charge in [0.05, 0.1) is 17.3 Å². The molecule has 6 heteroatoms. The lowest BCUT2D eigenvalue weighted by atomic mass is 9.75. The molecular formula is C23H31NO4S. The number of carbonyl (C=O) groups is 2. The number of ether oxygens (including phenoxy) is 1. The Hall–Kier alpha value is -2.21. The topological polar surface area (TPSA) is 76.5 Å². The predicted molar refractivity (Wildman–Crippen MR) is 115 cm³/mol. The van der Waals surface area contributed by atoms with E-state index in [1.165, 1.54) is 16.9 Å². The van der Waals surface area contributed by atoms with Gasteiger partial charge in [0.1, 0.15) is 5.41 Å². The van der Waals surface area contributed by atoms with Crippen LogP contribution < -0.4 is 0 Å². The lowest BCUT2D eigenvalue weighted by Crippen LogP contribution is -2.39. The van der Waals surface area contributed by atoms with Gasteiger partial charge in [-0.1, -0.05) is 43.7 Å². The third-order valence-corrected chi connectivity index (χ3v) is 5.95. The summed E-state index contributed by atoms with van der Waals surface area (Å²) in [5.74, 6) is -0.897. The zero-order valence-corrected chi connectivity index (χ0v) is 18.6. The van der Waals surface area contributed by atoms with Gasteiger partial charge in [0.2, 0.25) is 0 Å². The van der Waals surface area contributed by atoms with Crippen LogP contribution in [-0.2, 0) is 26.2 Å². The number of aryl methyl sites for hydroxylation is 1. The molecule has 0 saturated carbocycles. The number of aromatic nitrogens is 1. The summed E-state index contributed by atoms with van der Waals surface area (Å²) < 4.78 is 5.40. The number of carbonyl (C=O) groups excluding carboxylic acids is 1. The molecule has 0 radical (unpaired) electrons. The zero-order chi connectivity index (χ0) is 21.4. The molecule has 0 spiro atoms. The van der Waals surface area contributed by atoms with E-state index in [2.05, 4.69) is 45.0 Å². The number of thiazole rings is 1. The molecule has 0 unspecified atom stereocenters. The maximum absolute atomic E-state index is 13.0. The first-order chi connectivity index (χ1) is 13.8. The van der Waals surface area contributed by atoms with E-state index < -0.39 is 11.4 Å². The molecule has 0 aliphatic heterocycles. The maximum atomic E-state index is 13.0. The third-order valence-electron chi connectivity index (χ3n) is 5.10. The Bertz CT molecular complexity index is 813. The Balaban J connectivity index is 2.37. The largest absolute Gasteiger partial charge is 0.481 e. The summed E-state index contributed by atoms with van der Waals surface area (Å²) in [4.78, 5) is 29.1. The molecule has 0 bridgehead atoms. The molecular weight excluding hydrogens is 386 g/mol. The van der Waals surface area contributed by atoms with Crippen LogP contribution in [0.4, 0.5) is 0 Å². The van der Waals surface area contributed by atoms with E-state index in [-0.39, 0.29) is 25.4 Å². The average Bonchev–Trinajstić information content (AvgIpc) is 3.12. The van der Waals surface area contributed by atoms with Crippen LogP contribution in [0.15, 0.2) is 29.6 Å². The first kappa shape index (κ1) is 23.1. The van der Waals surface area contributed by atoms with Gasteiger partial charge in [-0.25, -0.2) is 4.98 Å². The molecule has 1 atom stereocenters. The maximum Gasteiger partial charge on any atom is 0.318 e. The Morgan fingerprint density at radius 1 is 1.21 bits per heavy atom. The molecule has 2 rings (SSSR count). The second-order valence-electron chi connectivity index (χ2n) is 7.92. The number of rotatable bonds is 11. The first-order valence-electron chi connectivity index (χ1n) is 10.2. The fraction of sp³-hybridized carbons (Fsp3) is 0.522. The van der Waals surface area contributed by atoms with E-state index >= 15 is 0 Å². The quantitative estimate of drug-likeness (QED) is 0.512. The standard InChI is InChI=1S/C23H31NO4S/c1-5-28-22(27)23(12-10-16(2)3,13-11-21(25)26)19-15-29-20(24-19)14-18-8-6-17(4)7-9-18/h6-9,15-16H,5,10-14H2,1-4H3,(H,25,26)/t23-/m1/s1. The van der Waals surface area contributed by atoms with Gasteiger partial charge in [-0.3, -0.25) is 9.59 Å². The minimum atomic E-state index is -1.01. The van der Waals surface area contributed by atoms with E-state index in [0.717, 1.165) is 17.0 Å². The van der Waals surface area contributed by atoms with E-state index in [9.17, 15) is 14.7 Å². The summed E-state index contributed by atoms with van der Waals surface area (Å²) in [6.07, 6.45) is 2.12. The highest BCUT2D eigenvalue weighted by Gasteiger charge is 2.43. The molecule has 1 heterocycles. The lowest BCUT2D eigenvalue weighted by molar-refractivity contribution is -0.151. The molecule has 0 saturated heterocycles. The first-order valence-corrected chi connectivity index (χ1v) is 11.0. The van der Waals surface area contributed by atoms with Crippen molar-refractivity contribution in [1.82, 2.24) is 4.98 Å². The number of aliphatic carboxylic acids is 1. The van der Waals surface area contributed by atoms with E-state index in [1.807, 2.05) is 5.38 Å². The van der Waals surface area contributed by atoms with Crippen molar-refractivity contribution in [2.75, 3.05) is 6.61 Å². The van der Waals surface area contributed by atoms with Crippen LogP contribution in [0.2, 0.25) is 0 Å². The summed E-state index contributed by atoms with van der Waals surface area (Å²) in [6.45, 7) is 8.27. The van der Waals surface area contributed by atoms with Crippen molar-refractivity contribution in [3.05, 3.63) is 51.5 Å². The highest BCUT2D eigenvalue weighted by molar-refractivity contribution is 7.09. The number of esters is 1. The molecule has 0 aliphatic rings. The Morgan fingerprint density at radius 3 is 2.48 bits per heavy atom. The minimum absolute atomic E-state index is 0.0955. The van der Waals surface area contributed by atoms with Gasteiger partial charge < -0.3 is 9.84 Å². The van der Waals surface area contributed by atoms with Crippen LogP contribution in [-0.4, -0.2) is 28.6 Å². The molecule has 29 heavy (non-hydrogen) atoms. The van der Waals surface area contributed by atoms with Crippen LogP contribution >= 0.6 is 11.3 Å². The predicted octanol–water partition coefficient (Wildman–Crippen LogP) is 5.14. The lowest BCUT2D eigenvalue weighted by Gasteiger charge is -2.30.